The molecule has 0 aliphatic carbocycles. The Morgan fingerprint density at radius 2 is 2.00 bits per heavy atom. The van der Waals surface area contributed by atoms with E-state index in [9.17, 15) is 4.79 Å². The van der Waals surface area contributed by atoms with Crippen molar-refractivity contribution in [1.29, 1.82) is 0 Å². The van der Waals surface area contributed by atoms with Crippen LogP contribution in [0.25, 0.3) is 0 Å². The SMILES string of the molecule is CC(NO)C(=O)c1ccccc1. The van der Waals surface area contributed by atoms with Gasteiger partial charge in [-0.25, -0.2) is 0 Å². The van der Waals surface area contributed by atoms with Crippen LogP contribution in [0.5, 0.6) is 0 Å². The van der Waals surface area contributed by atoms with E-state index in [-0.39, 0.29) is 5.78 Å². The lowest BCUT2D eigenvalue weighted by Gasteiger charge is -2.06. The highest BCUT2D eigenvalue weighted by molar-refractivity contribution is 5.99. The molecule has 1 rings (SSSR count). The van der Waals surface area contributed by atoms with E-state index in [4.69, 9.17) is 5.21 Å². The highest BCUT2D eigenvalue weighted by atomic mass is 16.5. The van der Waals surface area contributed by atoms with Crippen molar-refractivity contribution in [2.75, 3.05) is 0 Å². The van der Waals surface area contributed by atoms with Gasteiger partial charge in [0.2, 0.25) is 0 Å². The van der Waals surface area contributed by atoms with Gasteiger partial charge in [-0.3, -0.25) is 4.79 Å². The number of carbonyl (C=O) groups excluding carboxylic acids is 1. The van der Waals surface area contributed by atoms with Gasteiger partial charge in [0.25, 0.3) is 0 Å². The lowest BCUT2D eigenvalue weighted by atomic mass is 10.1. The Balaban J connectivity index is 2.79. The molecule has 12 heavy (non-hydrogen) atoms. The smallest absolute Gasteiger partial charge is 0.181 e. The Morgan fingerprint density at radius 1 is 1.42 bits per heavy atom. The van der Waals surface area contributed by atoms with Crippen molar-refractivity contribution in [3.05, 3.63) is 35.9 Å². The van der Waals surface area contributed by atoms with E-state index in [0.29, 0.717) is 5.56 Å². The monoisotopic (exact) mass is 165 g/mol. The summed E-state index contributed by atoms with van der Waals surface area (Å²) < 4.78 is 0. The molecule has 0 bridgehead atoms. The predicted molar refractivity (Wildman–Crippen MR) is 45.2 cm³/mol. The van der Waals surface area contributed by atoms with Crippen LogP contribution in [0.2, 0.25) is 0 Å². The Kier molecular flexibility index (Phi) is 2.96. The average molecular weight is 165 g/mol. The summed E-state index contributed by atoms with van der Waals surface area (Å²) in [5, 5.41) is 8.50. The maximum atomic E-state index is 11.4. The molecule has 0 amide bonds. The highest BCUT2D eigenvalue weighted by Crippen LogP contribution is 2.02. The molecule has 1 aromatic carbocycles. The minimum absolute atomic E-state index is 0.113. The fourth-order valence-electron chi connectivity index (χ4n) is 0.911. The quantitative estimate of drug-likeness (QED) is 0.523. The van der Waals surface area contributed by atoms with Gasteiger partial charge in [-0.05, 0) is 6.92 Å². The normalized spacial score (nSPS) is 12.5. The molecule has 0 saturated heterocycles. The van der Waals surface area contributed by atoms with Crippen LogP contribution in [0.15, 0.2) is 30.3 Å². The predicted octanol–water partition coefficient (Wildman–Crippen LogP) is 1.24. The van der Waals surface area contributed by atoms with E-state index in [1.807, 2.05) is 11.5 Å². The first kappa shape index (κ1) is 8.90. The maximum Gasteiger partial charge on any atom is 0.181 e. The number of ketones is 1. The molecule has 0 heterocycles. The molecule has 0 radical (unpaired) electrons. The molecular weight excluding hydrogens is 154 g/mol. The summed E-state index contributed by atoms with van der Waals surface area (Å²) in [7, 11) is 0. The Morgan fingerprint density at radius 3 is 2.50 bits per heavy atom. The minimum atomic E-state index is -0.549. The van der Waals surface area contributed by atoms with E-state index in [1.54, 1.807) is 31.2 Å². The molecule has 0 aliphatic rings. The first-order chi connectivity index (χ1) is 5.75. The largest absolute Gasteiger partial charge is 0.316 e. The van der Waals surface area contributed by atoms with Gasteiger partial charge in [-0.2, -0.15) is 5.48 Å². The van der Waals surface area contributed by atoms with Crippen LogP contribution in [0.4, 0.5) is 0 Å². The van der Waals surface area contributed by atoms with Gasteiger partial charge in [-0.15, -0.1) is 0 Å². The number of benzene rings is 1. The molecule has 3 heteroatoms. The second-order valence-corrected chi connectivity index (χ2v) is 2.58. The van der Waals surface area contributed by atoms with E-state index in [2.05, 4.69) is 0 Å². The standard InChI is InChI=1S/C9H11NO2/c1-7(10-12)9(11)8-5-3-2-4-6-8/h2-7,10,12H,1H3. The van der Waals surface area contributed by atoms with Crippen molar-refractivity contribution in [1.82, 2.24) is 5.48 Å². The number of carbonyl (C=O) groups is 1. The molecule has 3 nitrogen and oxygen atoms in total. The zero-order chi connectivity index (χ0) is 8.97. The number of hydroxylamine groups is 1. The molecule has 0 fully saturated rings. The number of Topliss-reactive ketones (excluding diaryl/α,β-unsaturated/α-hetero) is 1. The summed E-state index contributed by atoms with van der Waals surface area (Å²) in [4.78, 5) is 11.4. The average Bonchev–Trinajstić information content (AvgIpc) is 2.17. The van der Waals surface area contributed by atoms with Crippen LogP contribution < -0.4 is 5.48 Å². The van der Waals surface area contributed by atoms with Crippen molar-refractivity contribution in [2.45, 2.75) is 13.0 Å². The topological polar surface area (TPSA) is 49.3 Å². The number of hydrogen-bond acceptors (Lipinski definition) is 3. The van der Waals surface area contributed by atoms with Gasteiger partial charge in [0.15, 0.2) is 5.78 Å². The molecule has 1 atom stereocenters. The molecule has 0 spiro atoms. The van der Waals surface area contributed by atoms with Gasteiger partial charge in [-0.1, -0.05) is 30.3 Å². The second-order valence-electron chi connectivity index (χ2n) is 2.58. The molecule has 0 aromatic heterocycles. The van der Waals surface area contributed by atoms with Crippen molar-refractivity contribution in [2.24, 2.45) is 0 Å². The molecule has 2 N–H and O–H groups in total. The summed E-state index contributed by atoms with van der Waals surface area (Å²) in [5.74, 6) is -0.113. The number of hydrogen-bond donors (Lipinski definition) is 2. The first-order valence-electron chi connectivity index (χ1n) is 3.74. The number of nitrogens with one attached hydrogen (secondary N) is 1. The molecular formula is C9H11NO2. The van der Waals surface area contributed by atoms with Gasteiger partial charge in [0, 0.05) is 5.56 Å². The minimum Gasteiger partial charge on any atom is -0.316 e. The Hall–Kier alpha value is -1.19. The van der Waals surface area contributed by atoms with Crippen LogP contribution >= 0.6 is 0 Å². The van der Waals surface area contributed by atoms with Crippen molar-refractivity contribution < 1.29 is 10.0 Å². The van der Waals surface area contributed by atoms with Crippen LogP contribution in [0.3, 0.4) is 0 Å². The second kappa shape index (κ2) is 3.99. The summed E-state index contributed by atoms with van der Waals surface area (Å²) in [5.41, 5.74) is 2.52. The third-order valence-corrected chi connectivity index (χ3v) is 1.65. The van der Waals surface area contributed by atoms with E-state index < -0.39 is 6.04 Å². The highest BCUT2D eigenvalue weighted by Gasteiger charge is 2.12. The van der Waals surface area contributed by atoms with Crippen molar-refractivity contribution in [3.8, 4) is 0 Å². The summed E-state index contributed by atoms with van der Waals surface area (Å²) in [6.07, 6.45) is 0. The third-order valence-electron chi connectivity index (χ3n) is 1.65. The zero-order valence-electron chi connectivity index (χ0n) is 6.82. The van der Waals surface area contributed by atoms with Gasteiger partial charge in [0.1, 0.15) is 0 Å². The molecule has 0 saturated carbocycles. The summed E-state index contributed by atoms with van der Waals surface area (Å²) in [6, 6.07) is 8.31. The van der Waals surface area contributed by atoms with Crippen molar-refractivity contribution in [3.63, 3.8) is 0 Å². The molecule has 64 valence electrons. The van der Waals surface area contributed by atoms with E-state index >= 15 is 0 Å². The van der Waals surface area contributed by atoms with Crippen LogP contribution in [0, 0.1) is 0 Å². The lowest BCUT2D eigenvalue weighted by Crippen LogP contribution is -2.31. The molecule has 1 unspecified atom stereocenters. The maximum absolute atomic E-state index is 11.4. The van der Waals surface area contributed by atoms with Crippen molar-refractivity contribution >= 4 is 5.78 Å². The third kappa shape index (κ3) is 1.90. The number of rotatable bonds is 3. The van der Waals surface area contributed by atoms with E-state index in [0.717, 1.165) is 0 Å². The van der Waals surface area contributed by atoms with Crippen LogP contribution in [-0.2, 0) is 0 Å². The molecule has 1 aromatic rings. The fourth-order valence-corrected chi connectivity index (χ4v) is 0.911. The summed E-state index contributed by atoms with van der Waals surface area (Å²) >= 11 is 0. The Labute approximate surface area is 71.0 Å². The Bertz CT molecular complexity index is 258. The molecule has 0 aliphatic heterocycles. The van der Waals surface area contributed by atoms with Crippen LogP contribution in [-0.4, -0.2) is 17.0 Å². The van der Waals surface area contributed by atoms with Gasteiger partial charge >= 0.3 is 0 Å². The lowest BCUT2D eigenvalue weighted by molar-refractivity contribution is 0.0791. The summed E-state index contributed by atoms with van der Waals surface area (Å²) in [6.45, 7) is 1.61. The van der Waals surface area contributed by atoms with Crippen LogP contribution in [0.1, 0.15) is 17.3 Å². The first-order valence-corrected chi connectivity index (χ1v) is 3.74. The fraction of sp³-hybridized carbons (Fsp3) is 0.222. The van der Waals surface area contributed by atoms with Gasteiger partial charge in [0.05, 0.1) is 6.04 Å². The zero-order valence-corrected chi connectivity index (χ0v) is 6.82. The van der Waals surface area contributed by atoms with Gasteiger partial charge < -0.3 is 5.21 Å². The van der Waals surface area contributed by atoms with E-state index in [1.165, 1.54) is 0 Å².